The summed E-state index contributed by atoms with van der Waals surface area (Å²) >= 11 is 0. The van der Waals surface area contributed by atoms with E-state index >= 15 is 0 Å². The van der Waals surface area contributed by atoms with E-state index in [9.17, 15) is 0 Å². The molecular weight excluding hydrogens is 212 g/mol. The summed E-state index contributed by atoms with van der Waals surface area (Å²) < 4.78 is 5.24. The van der Waals surface area contributed by atoms with Gasteiger partial charge in [0.1, 0.15) is 0 Å². The van der Waals surface area contributed by atoms with E-state index in [2.05, 4.69) is 10.1 Å². The molecule has 3 heteroatoms. The van der Waals surface area contributed by atoms with Crippen molar-refractivity contribution in [1.82, 2.24) is 5.16 Å². The normalized spacial score (nSPS) is 15.5. The summed E-state index contributed by atoms with van der Waals surface area (Å²) in [7, 11) is 0. The number of aromatic nitrogens is 1. The summed E-state index contributed by atoms with van der Waals surface area (Å²) in [6.07, 6.45) is 4.36. The molecule has 1 aromatic heterocycles. The van der Waals surface area contributed by atoms with Crippen LogP contribution in [0.5, 0.6) is 0 Å². The predicted octanol–water partition coefficient (Wildman–Crippen LogP) is 3.17. The molecule has 17 heavy (non-hydrogen) atoms. The maximum absolute atomic E-state index is 5.24. The van der Waals surface area contributed by atoms with Crippen LogP contribution < -0.4 is 0 Å². The highest BCUT2D eigenvalue weighted by Crippen LogP contribution is 2.39. The van der Waals surface area contributed by atoms with Gasteiger partial charge in [-0.3, -0.25) is 4.99 Å². The van der Waals surface area contributed by atoms with Crippen molar-refractivity contribution in [2.75, 3.05) is 0 Å². The second-order valence-electron chi connectivity index (χ2n) is 4.37. The fourth-order valence-electron chi connectivity index (χ4n) is 1.76. The molecule has 0 bridgehead atoms. The summed E-state index contributed by atoms with van der Waals surface area (Å²) in [5, 5.41) is 4.05. The molecule has 0 atom stereocenters. The average Bonchev–Trinajstić information content (AvgIpc) is 3.11. The number of nitrogens with zero attached hydrogens (tertiary/aromatic N) is 2. The van der Waals surface area contributed by atoms with Crippen molar-refractivity contribution < 1.29 is 4.52 Å². The van der Waals surface area contributed by atoms with Crippen LogP contribution in [0.1, 0.15) is 35.8 Å². The van der Waals surface area contributed by atoms with Crippen LogP contribution >= 0.6 is 0 Å². The molecule has 2 aromatic rings. The van der Waals surface area contributed by atoms with Gasteiger partial charge in [-0.15, -0.1) is 0 Å². The van der Waals surface area contributed by atoms with E-state index in [4.69, 9.17) is 4.52 Å². The molecule has 1 saturated carbocycles. The second-order valence-corrected chi connectivity index (χ2v) is 4.37. The Hall–Kier alpha value is -1.90. The zero-order valence-electron chi connectivity index (χ0n) is 9.54. The monoisotopic (exact) mass is 226 g/mol. The SMILES string of the molecule is C(=NCc1cc(C2CC2)no1)c1ccccc1. The van der Waals surface area contributed by atoms with E-state index in [1.807, 2.05) is 42.6 Å². The highest BCUT2D eigenvalue weighted by molar-refractivity contribution is 5.79. The first-order valence-corrected chi connectivity index (χ1v) is 5.92. The van der Waals surface area contributed by atoms with E-state index in [1.165, 1.54) is 12.8 Å². The molecule has 3 nitrogen and oxygen atoms in total. The molecule has 1 aromatic carbocycles. The number of benzene rings is 1. The summed E-state index contributed by atoms with van der Waals surface area (Å²) in [6, 6.07) is 12.1. The number of rotatable bonds is 4. The van der Waals surface area contributed by atoms with Gasteiger partial charge in [0.05, 0.1) is 12.2 Å². The molecule has 0 N–H and O–H groups in total. The van der Waals surface area contributed by atoms with Gasteiger partial charge < -0.3 is 4.52 Å². The number of hydrogen-bond donors (Lipinski definition) is 0. The van der Waals surface area contributed by atoms with Gasteiger partial charge in [-0.25, -0.2) is 0 Å². The Kier molecular flexibility index (Phi) is 2.74. The van der Waals surface area contributed by atoms with Crippen LogP contribution in [0.25, 0.3) is 0 Å². The van der Waals surface area contributed by atoms with Crippen molar-refractivity contribution in [1.29, 1.82) is 0 Å². The van der Waals surface area contributed by atoms with Crippen molar-refractivity contribution in [2.45, 2.75) is 25.3 Å². The Bertz CT molecular complexity index is 512. The first kappa shape index (κ1) is 10.3. The van der Waals surface area contributed by atoms with Gasteiger partial charge in [0, 0.05) is 18.2 Å². The fraction of sp³-hybridized carbons (Fsp3) is 0.286. The van der Waals surface area contributed by atoms with E-state index in [1.54, 1.807) is 0 Å². The van der Waals surface area contributed by atoms with Gasteiger partial charge in [0.25, 0.3) is 0 Å². The smallest absolute Gasteiger partial charge is 0.158 e. The van der Waals surface area contributed by atoms with Crippen LogP contribution in [0.2, 0.25) is 0 Å². The standard InChI is InChI=1S/C14H14N2O/c1-2-4-11(5-3-1)9-15-10-13-8-14(16-17-13)12-6-7-12/h1-5,8-9,12H,6-7,10H2. The molecule has 0 spiro atoms. The molecule has 0 radical (unpaired) electrons. The minimum Gasteiger partial charge on any atom is -0.359 e. The highest BCUT2D eigenvalue weighted by Gasteiger charge is 2.26. The Morgan fingerprint density at radius 1 is 1.29 bits per heavy atom. The van der Waals surface area contributed by atoms with Gasteiger partial charge in [-0.2, -0.15) is 0 Å². The molecule has 1 fully saturated rings. The lowest BCUT2D eigenvalue weighted by atomic mass is 10.2. The van der Waals surface area contributed by atoms with Gasteiger partial charge >= 0.3 is 0 Å². The summed E-state index contributed by atoms with van der Waals surface area (Å²) in [6.45, 7) is 0.564. The third kappa shape index (κ3) is 2.61. The van der Waals surface area contributed by atoms with Crippen LogP contribution in [0.4, 0.5) is 0 Å². The van der Waals surface area contributed by atoms with Crippen molar-refractivity contribution in [2.24, 2.45) is 4.99 Å². The third-order valence-electron chi connectivity index (χ3n) is 2.86. The molecule has 0 unspecified atom stereocenters. The molecule has 1 heterocycles. The van der Waals surface area contributed by atoms with Crippen LogP contribution in [0.15, 0.2) is 45.9 Å². The summed E-state index contributed by atoms with van der Waals surface area (Å²) in [4.78, 5) is 4.35. The van der Waals surface area contributed by atoms with Crippen LogP contribution in [0, 0.1) is 0 Å². The van der Waals surface area contributed by atoms with Crippen LogP contribution in [0.3, 0.4) is 0 Å². The van der Waals surface area contributed by atoms with Gasteiger partial charge in [0.15, 0.2) is 5.76 Å². The fourth-order valence-corrected chi connectivity index (χ4v) is 1.76. The van der Waals surface area contributed by atoms with Crippen molar-refractivity contribution in [3.63, 3.8) is 0 Å². The first-order valence-electron chi connectivity index (χ1n) is 5.92. The van der Waals surface area contributed by atoms with Crippen LogP contribution in [-0.2, 0) is 6.54 Å². The average molecular weight is 226 g/mol. The molecule has 0 saturated heterocycles. The Morgan fingerprint density at radius 2 is 2.12 bits per heavy atom. The zero-order valence-corrected chi connectivity index (χ0v) is 9.54. The molecule has 0 amide bonds. The Labute approximate surface area is 100 Å². The number of hydrogen-bond acceptors (Lipinski definition) is 3. The summed E-state index contributed by atoms with van der Waals surface area (Å²) in [5.74, 6) is 1.49. The Balaban J connectivity index is 1.61. The minimum atomic E-state index is 0.564. The lowest BCUT2D eigenvalue weighted by Crippen LogP contribution is -1.81. The van der Waals surface area contributed by atoms with Gasteiger partial charge in [-0.1, -0.05) is 35.5 Å². The lowest BCUT2D eigenvalue weighted by molar-refractivity contribution is 0.379. The molecular formula is C14H14N2O. The van der Waals surface area contributed by atoms with Gasteiger partial charge in [-0.05, 0) is 18.4 Å². The molecule has 1 aliphatic carbocycles. The van der Waals surface area contributed by atoms with Crippen LogP contribution in [-0.4, -0.2) is 11.4 Å². The van der Waals surface area contributed by atoms with E-state index in [-0.39, 0.29) is 0 Å². The molecule has 86 valence electrons. The highest BCUT2D eigenvalue weighted by atomic mass is 16.5. The lowest BCUT2D eigenvalue weighted by Gasteiger charge is -1.90. The quantitative estimate of drug-likeness (QED) is 0.751. The van der Waals surface area contributed by atoms with Gasteiger partial charge in [0.2, 0.25) is 0 Å². The summed E-state index contributed by atoms with van der Waals surface area (Å²) in [5.41, 5.74) is 2.20. The van der Waals surface area contributed by atoms with E-state index < -0.39 is 0 Å². The minimum absolute atomic E-state index is 0.564. The van der Waals surface area contributed by atoms with Crippen molar-refractivity contribution in [3.8, 4) is 0 Å². The predicted molar refractivity (Wildman–Crippen MR) is 66.2 cm³/mol. The van der Waals surface area contributed by atoms with Crippen molar-refractivity contribution >= 4 is 6.21 Å². The van der Waals surface area contributed by atoms with E-state index in [0.717, 1.165) is 17.0 Å². The molecule has 1 aliphatic rings. The maximum Gasteiger partial charge on any atom is 0.158 e. The third-order valence-corrected chi connectivity index (χ3v) is 2.86. The zero-order chi connectivity index (χ0) is 11.5. The number of aliphatic imine (C=N–C) groups is 1. The second kappa shape index (κ2) is 4.53. The largest absolute Gasteiger partial charge is 0.359 e. The Morgan fingerprint density at radius 3 is 2.88 bits per heavy atom. The maximum atomic E-state index is 5.24. The van der Waals surface area contributed by atoms with Crippen molar-refractivity contribution in [3.05, 3.63) is 53.4 Å². The van der Waals surface area contributed by atoms with E-state index in [0.29, 0.717) is 12.5 Å². The topological polar surface area (TPSA) is 38.4 Å². The molecule has 3 rings (SSSR count). The molecule has 0 aliphatic heterocycles. The first-order chi connectivity index (χ1) is 8.42.